The van der Waals surface area contributed by atoms with Gasteiger partial charge in [0.25, 0.3) is 0 Å². The third-order valence-electron chi connectivity index (χ3n) is 2.18. The summed E-state index contributed by atoms with van der Waals surface area (Å²) in [6.45, 7) is 6.63. The molecular weight excluding hydrogens is 208 g/mol. The molecule has 0 saturated heterocycles. The highest BCUT2D eigenvalue weighted by Crippen LogP contribution is 2.07. The molecule has 0 rings (SSSR count). The molecule has 0 aliphatic heterocycles. The van der Waals surface area contributed by atoms with Gasteiger partial charge in [0.05, 0.1) is 12.1 Å². The van der Waals surface area contributed by atoms with Gasteiger partial charge in [-0.05, 0) is 6.92 Å². The van der Waals surface area contributed by atoms with Crippen LogP contribution in [-0.4, -0.2) is 49.5 Å². The average Bonchev–Trinajstić information content (AvgIpc) is 2.21. The van der Waals surface area contributed by atoms with Crippen molar-refractivity contribution in [3.8, 4) is 0 Å². The normalized spacial score (nSPS) is 14.9. The first kappa shape index (κ1) is 15.3. The van der Waals surface area contributed by atoms with Crippen molar-refractivity contribution in [1.29, 1.82) is 0 Å². The molecule has 0 radical (unpaired) electrons. The lowest BCUT2D eigenvalue weighted by molar-refractivity contribution is -0.121. The Kier molecular flexibility index (Phi) is 7.29. The van der Waals surface area contributed by atoms with Crippen molar-refractivity contribution in [2.24, 2.45) is 0 Å². The first-order chi connectivity index (χ1) is 7.37. The Morgan fingerprint density at radius 2 is 2.12 bits per heavy atom. The summed E-state index contributed by atoms with van der Waals surface area (Å²) >= 11 is 0. The molecule has 3 N–H and O–H groups in total. The van der Waals surface area contributed by atoms with Crippen LogP contribution in [-0.2, 0) is 9.53 Å². The molecule has 0 spiro atoms. The number of rotatable bonds is 8. The number of methoxy groups -OCH3 is 1. The van der Waals surface area contributed by atoms with E-state index in [1.54, 1.807) is 14.0 Å². The highest BCUT2D eigenvalue weighted by atomic mass is 16.5. The molecule has 0 heterocycles. The van der Waals surface area contributed by atoms with Gasteiger partial charge in [-0.2, -0.15) is 0 Å². The molecule has 0 saturated carbocycles. The minimum atomic E-state index is -0.913. The summed E-state index contributed by atoms with van der Waals surface area (Å²) < 4.78 is 4.88. The molecule has 96 valence electrons. The van der Waals surface area contributed by atoms with E-state index in [-0.39, 0.29) is 25.0 Å². The number of aliphatic hydroxyl groups is 1. The van der Waals surface area contributed by atoms with Crippen LogP contribution in [0.25, 0.3) is 0 Å². The van der Waals surface area contributed by atoms with E-state index < -0.39 is 5.60 Å². The maximum atomic E-state index is 11.4. The van der Waals surface area contributed by atoms with Gasteiger partial charge in [0, 0.05) is 32.7 Å². The summed E-state index contributed by atoms with van der Waals surface area (Å²) in [4.78, 5) is 11.4. The third kappa shape index (κ3) is 8.64. The zero-order valence-corrected chi connectivity index (χ0v) is 10.7. The van der Waals surface area contributed by atoms with Crippen molar-refractivity contribution in [3.05, 3.63) is 0 Å². The number of hydrogen-bond acceptors (Lipinski definition) is 4. The van der Waals surface area contributed by atoms with E-state index in [9.17, 15) is 9.90 Å². The number of nitrogens with one attached hydrogen (secondary N) is 2. The van der Waals surface area contributed by atoms with Gasteiger partial charge in [-0.25, -0.2) is 0 Å². The Labute approximate surface area is 97.6 Å². The summed E-state index contributed by atoms with van der Waals surface area (Å²) in [5, 5.41) is 15.5. The summed E-state index contributed by atoms with van der Waals surface area (Å²) in [7, 11) is 1.58. The van der Waals surface area contributed by atoms with Gasteiger partial charge >= 0.3 is 0 Å². The van der Waals surface area contributed by atoms with E-state index in [0.29, 0.717) is 13.0 Å². The molecule has 0 aliphatic rings. The Morgan fingerprint density at radius 3 is 2.62 bits per heavy atom. The zero-order valence-electron chi connectivity index (χ0n) is 10.7. The molecule has 5 heteroatoms. The second kappa shape index (κ2) is 7.60. The number of hydrogen-bond donors (Lipinski definition) is 3. The largest absolute Gasteiger partial charge is 0.388 e. The van der Waals surface area contributed by atoms with E-state index in [1.807, 2.05) is 13.8 Å². The van der Waals surface area contributed by atoms with Crippen molar-refractivity contribution >= 4 is 5.91 Å². The van der Waals surface area contributed by atoms with E-state index >= 15 is 0 Å². The number of amides is 1. The Bertz CT molecular complexity index is 205. The van der Waals surface area contributed by atoms with Crippen molar-refractivity contribution in [2.45, 2.75) is 38.8 Å². The second-order valence-electron chi connectivity index (χ2n) is 4.55. The summed E-state index contributed by atoms with van der Waals surface area (Å²) in [6.07, 6.45) is 0.501. The molecule has 0 aromatic rings. The summed E-state index contributed by atoms with van der Waals surface area (Å²) in [5.41, 5.74) is -0.913. The van der Waals surface area contributed by atoms with Gasteiger partial charge in [-0.3, -0.25) is 4.79 Å². The second-order valence-corrected chi connectivity index (χ2v) is 4.55. The molecule has 0 aromatic carbocycles. The molecule has 1 atom stereocenters. The maximum absolute atomic E-state index is 11.4. The van der Waals surface area contributed by atoms with Crippen LogP contribution in [0.2, 0.25) is 0 Å². The quantitative estimate of drug-likeness (QED) is 0.546. The predicted octanol–water partition coefficient (Wildman–Crippen LogP) is -0.112. The number of ether oxygens (including phenoxy) is 1. The third-order valence-corrected chi connectivity index (χ3v) is 2.18. The lowest BCUT2D eigenvalue weighted by atomic mass is 10.0. The van der Waals surface area contributed by atoms with Gasteiger partial charge in [0.2, 0.25) is 5.91 Å². The minimum absolute atomic E-state index is 0.105. The van der Waals surface area contributed by atoms with Crippen LogP contribution in [0.1, 0.15) is 27.2 Å². The lowest BCUT2D eigenvalue weighted by Crippen LogP contribution is -2.45. The van der Waals surface area contributed by atoms with Gasteiger partial charge in [-0.1, -0.05) is 13.8 Å². The summed E-state index contributed by atoms with van der Waals surface area (Å²) in [6, 6.07) is 0.278. The molecule has 0 bridgehead atoms. The van der Waals surface area contributed by atoms with Crippen molar-refractivity contribution in [2.75, 3.05) is 26.8 Å². The number of carbonyl (C=O) groups is 1. The van der Waals surface area contributed by atoms with E-state index in [1.165, 1.54) is 0 Å². The Morgan fingerprint density at radius 1 is 1.50 bits per heavy atom. The first-order valence-electron chi connectivity index (χ1n) is 5.59. The topological polar surface area (TPSA) is 70.6 Å². The molecule has 1 unspecified atom stereocenters. The SMILES string of the molecule is COCCC(C)(O)CNC(=O)CNC(C)C. The van der Waals surface area contributed by atoms with Crippen LogP contribution in [0, 0.1) is 0 Å². The molecule has 1 amide bonds. The van der Waals surface area contributed by atoms with Gasteiger partial charge < -0.3 is 20.5 Å². The van der Waals surface area contributed by atoms with Gasteiger partial charge in [0.15, 0.2) is 0 Å². The molecular formula is C11H24N2O3. The maximum Gasteiger partial charge on any atom is 0.234 e. The first-order valence-corrected chi connectivity index (χ1v) is 5.59. The molecule has 16 heavy (non-hydrogen) atoms. The standard InChI is InChI=1S/C11H24N2O3/c1-9(2)12-7-10(14)13-8-11(3,15)5-6-16-4/h9,12,15H,5-8H2,1-4H3,(H,13,14). The van der Waals surface area contributed by atoms with Gasteiger partial charge in [0.1, 0.15) is 0 Å². The van der Waals surface area contributed by atoms with Crippen LogP contribution in [0.5, 0.6) is 0 Å². The fourth-order valence-electron chi connectivity index (χ4n) is 1.06. The number of carbonyl (C=O) groups excluding carboxylic acids is 1. The van der Waals surface area contributed by atoms with Crippen LogP contribution in [0.4, 0.5) is 0 Å². The van der Waals surface area contributed by atoms with Crippen molar-refractivity contribution in [1.82, 2.24) is 10.6 Å². The van der Waals surface area contributed by atoms with Gasteiger partial charge in [-0.15, -0.1) is 0 Å². The van der Waals surface area contributed by atoms with Crippen LogP contribution < -0.4 is 10.6 Å². The molecule has 0 fully saturated rings. The van der Waals surface area contributed by atoms with Crippen molar-refractivity contribution in [3.63, 3.8) is 0 Å². The lowest BCUT2D eigenvalue weighted by Gasteiger charge is -2.23. The fraction of sp³-hybridized carbons (Fsp3) is 0.909. The molecule has 5 nitrogen and oxygen atoms in total. The van der Waals surface area contributed by atoms with Crippen LogP contribution in [0.15, 0.2) is 0 Å². The molecule has 0 aliphatic carbocycles. The van der Waals surface area contributed by atoms with Crippen LogP contribution >= 0.6 is 0 Å². The van der Waals surface area contributed by atoms with E-state index in [4.69, 9.17) is 4.74 Å². The van der Waals surface area contributed by atoms with E-state index in [0.717, 1.165) is 0 Å². The average molecular weight is 232 g/mol. The predicted molar refractivity (Wildman–Crippen MR) is 63.3 cm³/mol. The highest BCUT2D eigenvalue weighted by Gasteiger charge is 2.20. The fourth-order valence-corrected chi connectivity index (χ4v) is 1.06. The Balaban J connectivity index is 3.72. The van der Waals surface area contributed by atoms with Crippen LogP contribution in [0.3, 0.4) is 0 Å². The highest BCUT2D eigenvalue weighted by molar-refractivity contribution is 5.78. The summed E-state index contributed by atoms with van der Waals surface area (Å²) in [5.74, 6) is -0.105. The van der Waals surface area contributed by atoms with Crippen molar-refractivity contribution < 1.29 is 14.6 Å². The smallest absolute Gasteiger partial charge is 0.234 e. The minimum Gasteiger partial charge on any atom is -0.388 e. The monoisotopic (exact) mass is 232 g/mol. The molecule has 0 aromatic heterocycles. The zero-order chi connectivity index (χ0) is 12.6. The van der Waals surface area contributed by atoms with E-state index in [2.05, 4.69) is 10.6 Å². The Hall–Kier alpha value is -0.650.